The molecule has 0 aliphatic carbocycles. The van der Waals surface area contributed by atoms with Crippen LogP contribution in [0.1, 0.15) is 47.5 Å². The van der Waals surface area contributed by atoms with Crippen molar-refractivity contribution in [3.8, 4) is 0 Å². The van der Waals surface area contributed by atoms with Gasteiger partial charge >= 0.3 is 0 Å². The molecule has 0 aliphatic rings. The lowest BCUT2D eigenvalue weighted by Crippen LogP contribution is -2.23. The number of amides is 1. The number of carbonyl (C=O) groups is 1. The Hall–Kier alpha value is -0.570. The Morgan fingerprint density at radius 3 is 2.00 bits per heavy atom. The third-order valence-corrected chi connectivity index (χ3v) is 0.978. The fraction of sp³-hybridized carbons (Fsp3) is 0.900. The molecule has 2 N–H and O–H groups in total. The highest BCUT2D eigenvalue weighted by Gasteiger charge is 1.92. The average Bonchev–Trinajstić information content (AvgIpc) is 2.24. The SMILES string of the molecule is CC.CC.CCC(=O)NCCCO. The van der Waals surface area contributed by atoms with E-state index in [1.54, 1.807) is 6.92 Å². The molecule has 0 rings (SSSR count). The molecule has 0 atom stereocenters. The minimum Gasteiger partial charge on any atom is -0.396 e. The van der Waals surface area contributed by atoms with E-state index in [4.69, 9.17) is 5.11 Å². The molecule has 0 heterocycles. The lowest BCUT2D eigenvalue weighted by atomic mass is 10.4. The number of hydrogen-bond donors (Lipinski definition) is 2. The normalized spacial score (nSPS) is 7.23. The van der Waals surface area contributed by atoms with Gasteiger partial charge in [0.15, 0.2) is 0 Å². The molecule has 0 saturated carbocycles. The Bertz CT molecular complexity index is 85.0. The van der Waals surface area contributed by atoms with Gasteiger partial charge in [-0.15, -0.1) is 0 Å². The van der Waals surface area contributed by atoms with Crippen LogP contribution in [0.5, 0.6) is 0 Å². The van der Waals surface area contributed by atoms with Crippen molar-refractivity contribution in [2.75, 3.05) is 13.2 Å². The van der Waals surface area contributed by atoms with Crippen LogP contribution >= 0.6 is 0 Å². The quantitative estimate of drug-likeness (QED) is 0.667. The van der Waals surface area contributed by atoms with Gasteiger partial charge in [0.2, 0.25) is 5.91 Å². The van der Waals surface area contributed by atoms with Gasteiger partial charge in [-0.1, -0.05) is 34.6 Å². The molecule has 0 unspecified atom stereocenters. The molecule has 0 spiro atoms. The Kier molecular flexibility index (Phi) is 31.6. The Balaban J connectivity index is -0.000000218. The van der Waals surface area contributed by atoms with Crippen molar-refractivity contribution in [2.24, 2.45) is 0 Å². The molecule has 0 aromatic carbocycles. The Morgan fingerprint density at radius 2 is 1.69 bits per heavy atom. The molecule has 3 nitrogen and oxygen atoms in total. The molecule has 3 heteroatoms. The van der Waals surface area contributed by atoms with E-state index in [-0.39, 0.29) is 12.5 Å². The van der Waals surface area contributed by atoms with E-state index < -0.39 is 0 Å². The maximum atomic E-state index is 10.5. The topological polar surface area (TPSA) is 49.3 Å². The van der Waals surface area contributed by atoms with Crippen LogP contribution in [0.25, 0.3) is 0 Å². The molecule has 0 saturated heterocycles. The van der Waals surface area contributed by atoms with Gasteiger partial charge in [-0.05, 0) is 6.42 Å². The van der Waals surface area contributed by atoms with Crippen LogP contribution < -0.4 is 5.32 Å². The first-order chi connectivity index (χ1) is 6.31. The summed E-state index contributed by atoms with van der Waals surface area (Å²) in [5.74, 6) is 0.0449. The molecule has 0 bridgehead atoms. The molecule has 0 fully saturated rings. The van der Waals surface area contributed by atoms with Gasteiger partial charge in [-0.2, -0.15) is 0 Å². The second-order valence-electron chi connectivity index (χ2n) is 1.78. The van der Waals surface area contributed by atoms with Gasteiger partial charge in [-0.3, -0.25) is 4.79 Å². The molecule has 0 aromatic heterocycles. The van der Waals surface area contributed by atoms with Crippen LogP contribution in [0.2, 0.25) is 0 Å². The average molecular weight is 191 g/mol. The van der Waals surface area contributed by atoms with Gasteiger partial charge in [0, 0.05) is 19.6 Å². The van der Waals surface area contributed by atoms with Crippen LogP contribution in [0.3, 0.4) is 0 Å². The number of aliphatic hydroxyl groups is 1. The standard InChI is InChI=1S/C6H13NO2.2C2H6/c1-2-6(9)7-4-3-5-8;2*1-2/h8H,2-5H2,1H3,(H,7,9);2*1-2H3. The lowest BCUT2D eigenvalue weighted by Gasteiger charge is -1.98. The monoisotopic (exact) mass is 191 g/mol. The minimum absolute atomic E-state index is 0.0449. The van der Waals surface area contributed by atoms with Crippen molar-refractivity contribution in [3.05, 3.63) is 0 Å². The third-order valence-electron chi connectivity index (χ3n) is 0.978. The maximum Gasteiger partial charge on any atom is 0.219 e. The van der Waals surface area contributed by atoms with E-state index in [1.807, 2.05) is 27.7 Å². The van der Waals surface area contributed by atoms with E-state index in [0.717, 1.165) is 0 Å². The van der Waals surface area contributed by atoms with Gasteiger partial charge in [0.25, 0.3) is 0 Å². The number of hydrogen-bond acceptors (Lipinski definition) is 2. The molecule has 0 aliphatic heterocycles. The molecule has 82 valence electrons. The van der Waals surface area contributed by atoms with Crippen LogP contribution in [0.4, 0.5) is 0 Å². The van der Waals surface area contributed by atoms with Crippen LogP contribution in [-0.2, 0) is 4.79 Å². The van der Waals surface area contributed by atoms with Crippen molar-refractivity contribution in [1.29, 1.82) is 0 Å². The van der Waals surface area contributed by atoms with Crippen molar-refractivity contribution < 1.29 is 9.90 Å². The van der Waals surface area contributed by atoms with E-state index in [1.165, 1.54) is 0 Å². The van der Waals surface area contributed by atoms with Gasteiger partial charge in [0.1, 0.15) is 0 Å². The maximum absolute atomic E-state index is 10.5. The van der Waals surface area contributed by atoms with Gasteiger partial charge in [0.05, 0.1) is 0 Å². The zero-order chi connectivity index (χ0) is 11.1. The summed E-state index contributed by atoms with van der Waals surface area (Å²) < 4.78 is 0. The highest BCUT2D eigenvalue weighted by atomic mass is 16.3. The number of aliphatic hydroxyl groups excluding tert-OH is 1. The van der Waals surface area contributed by atoms with Crippen molar-refractivity contribution in [2.45, 2.75) is 47.5 Å². The third kappa shape index (κ3) is 24.6. The lowest BCUT2D eigenvalue weighted by molar-refractivity contribution is -0.120. The second kappa shape index (κ2) is 22.5. The summed E-state index contributed by atoms with van der Waals surface area (Å²) in [6, 6.07) is 0. The first kappa shape index (κ1) is 18.3. The summed E-state index contributed by atoms with van der Waals surface area (Å²) in [5.41, 5.74) is 0. The largest absolute Gasteiger partial charge is 0.396 e. The van der Waals surface area contributed by atoms with E-state index in [0.29, 0.717) is 19.4 Å². The summed E-state index contributed by atoms with van der Waals surface area (Å²) in [6.45, 7) is 10.5. The first-order valence-corrected chi connectivity index (χ1v) is 5.18. The van der Waals surface area contributed by atoms with Crippen LogP contribution in [0, 0.1) is 0 Å². The predicted molar refractivity (Wildman–Crippen MR) is 57.7 cm³/mol. The van der Waals surface area contributed by atoms with Crippen LogP contribution in [-0.4, -0.2) is 24.2 Å². The van der Waals surface area contributed by atoms with E-state index >= 15 is 0 Å². The van der Waals surface area contributed by atoms with Crippen molar-refractivity contribution in [3.63, 3.8) is 0 Å². The number of rotatable bonds is 4. The summed E-state index contributed by atoms with van der Waals surface area (Å²) in [7, 11) is 0. The number of nitrogens with one attached hydrogen (secondary N) is 1. The summed E-state index contributed by atoms with van der Waals surface area (Å²) in [4.78, 5) is 10.5. The molecule has 0 radical (unpaired) electrons. The molecule has 1 amide bonds. The Morgan fingerprint density at radius 1 is 1.23 bits per heavy atom. The fourth-order valence-corrected chi connectivity index (χ4v) is 0.432. The van der Waals surface area contributed by atoms with E-state index in [2.05, 4.69) is 5.32 Å². The first-order valence-electron chi connectivity index (χ1n) is 5.18. The van der Waals surface area contributed by atoms with Gasteiger partial charge < -0.3 is 10.4 Å². The minimum atomic E-state index is 0.0449. The zero-order valence-corrected chi connectivity index (χ0v) is 9.68. The molecular formula is C10H25NO2. The second-order valence-corrected chi connectivity index (χ2v) is 1.78. The molecule has 0 aromatic rings. The Labute approximate surface area is 82.5 Å². The summed E-state index contributed by atoms with van der Waals surface area (Å²) >= 11 is 0. The van der Waals surface area contributed by atoms with Gasteiger partial charge in [-0.25, -0.2) is 0 Å². The zero-order valence-electron chi connectivity index (χ0n) is 9.68. The van der Waals surface area contributed by atoms with E-state index in [9.17, 15) is 4.79 Å². The number of carbonyl (C=O) groups excluding carboxylic acids is 1. The van der Waals surface area contributed by atoms with Crippen molar-refractivity contribution >= 4 is 5.91 Å². The fourth-order valence-electron chi connectivity index (χ4n) is 0.432. The van der Waals surface area contributed by atoms with Crippen LogP contribution in [0.15, 0.2) is 0 Å². The molecular weight excluding hydrogens is 166 g/mol. The molecule has 13 heavy (non-hydrogen) atoms. The summed E-state index contributed by atoms with van der Waals surface area (Å²) in [6.07, 6.45) is 1.16. The smallest absolute Gasteiger partial charge is 0.219 e. The highest BCUT2D eigenvalue weighted by Crippen LogP contribution is 1.76. The predicted octanol–water partition coefficient (Wildman–Crippen LogP) is 1.95. The summed E-state index contributed by atoms with van der Waals surface area (Å²) in [5, 5.41) is 10.9. The van der Waals surface area contributed by atoms with Crippen molar-refractivity contribution in [1.82, 2.24) is 5.32 Å². The highest BCUT2D eigenvalue weighted by molar-refractivity contribution is 5.75.